The fourth-order valence-corrected chi connectivity index (χ4v) is 2.73. The third-order valence-electron chi connectivity index (χ3n) is 2.83. The Morgan fingerprint density at radius 1 is 1.65 bits per heavy atom. The zero-order valence-corrected chi connectivity index (χ0v) is 10.7. The molecular weight excluding hydrogens is 238 g/mol. The maximum atomic E-state index is 12.3. The molecule has 0 atom stereocenters. The Kier molecular flexibility index (Phi) is 4.15. The lowest BCUT2D eigenvalue weighted by molar-refractivity contribution is 0.0708. The number of ether oxygens (including phenoxy) is 1. The highest BCUT2D eigenvalue weighted by Crippen LogP contribution is 2.30. The quantitative estimate of drug-likeness (QED) is 0.838. The number of rotatable bonds is 6. The number of carbonyl (C=O) groups is 1. The van der Waals surface area contributed by atoms with Crippen LogP contribution in [0.2, 0.25) is 0 Å². The van der Waals surface area contributed by atoms with Gasteiger partial charge in [-0.3, -0.25) is 4.79 Å². The minimum absolute atomic E-state index is 0.0211. The van der Waals surface area contributed by atoms with E-state index in [0.717, 1.165) is 23.3 Å². The van der Waals surface area contributed by atoms with Crippen LogP contribution < -0.4 is 0 Å². The van der Waals surface area contributed by atoms with Crippen molar-refractivity contribution in [3.05, 3.63) is 21.9 Å². The molecule has 0 aromatic carbocycles. The summed E-state index contributed by atoms with van der Waals surface area (Å²) < 4.78 is 5.08. The number of hydrogen-bond donors (Lipinski definition) is 1. The summed E-state index contributed by atoms with van der Waals surface area (Å²) in [5.74, 6) is 0.0311. The molecule has 0 unspecified atom stereocenters. The van der Waals surface area contributed by atoms with E-state index in [-0.39, 0.29) is 12.5 Å². The number of thiophene rings is 1. The molecule has 5 heteroatoms. The van der Waals surface area contributed by atoms with Gasteiger partial charge in [0.1, 0.15) is 0 Å². The van der Waals surface area contributed by atoms with Gasteiger partial charge < -0.3 is 14.7 Å². The van der Waals surface area contributed by atoms with Crippen LogP contribution in [-0.2, 0) is 11.3 Å². The number of carbonyl (C=O) groups excluding carboxylic acids is 1. The summed E-state index contributed by atoms with van der Waals surface area (Å²) in [6.07, 6.45) is 2.10. The number of nitrogens with zero attached hydrogens (tertiary/aromatic N) is 1. The van der Waals surface area contributed by atoms with E-state index in [2.05, 4.69) is 0 Å². The van der Waals surface area contributed by atoms with Gasteiger partial charge in [0, 0.05) is 25.3 Å². The van der Waals surface area contributed by atoms with Gasteiger partial charge in [0.05, 0.1) is 18.1 Å². The normalized spacial score (nSPS) is 14.9. The first-order chi connectivity index (χ1) is 8.27. The third-order valence-corrected chi connectivity index (χ3v) is 3.77. The van der Waals surface area contributed by atoms with Crippen LogP contribution in [-0.4, -0.2) is 42.2 Å². The van der Waals surface area contributed by atoms with Gasteiger partial charge in [0.2, 0.25) is 0 Å². The predicted octanol–water partition coefficient (Wildman–Crippen LogP) is 1.49. The maximum Gasteiger partial charge on any atom is 0.264 e. The van der Waals surface area contributed by atoms with E-state index in [1.165, 1.54) is 11.3 Å². The Morgan fingerprint density at radius 3 is 3.00 bits per heavy atom. The summed E-state index contributed by atoms with van der Waals surface area (Å²) in [5, 5.41) is 10.9. The lowest BCUT2D eigenvalue weighted by Crippen LogP contribution is -2.35. The lowest BCUT2D eigenvalue weighted by Gasteiger charge is -2.21. The molecule has 1 heterocycles. The van der Waals surface area contributed by atoms with Crippen LogP contribution in [0.25, 0.3) is 0 Å². The number of methoxy groups -OCH3 is 1. The molecule has 0 spiro atoms. The molecule has 0 aliphatic heterocycles. The van der Waals surface area contributed by atoms with Crippen molar-refractivity contribution in [3.8, 4) is 0 Å². The molecule has 0 radical (unpaired) electrons. The average Bonchev–Trinajstić information content (AvgIpc) is 3.06. The summed E-state index contributed by atoms with van der Waals surface area (Å²) >= 11 is 1.44. The zero-order chi connectivity index (χ0) is 12.3. The van der Waals surface area contributed by atoms with Crippen molar-refractivity contribution in [2.24, 2.45) is 0 Å². The van der Waals surface area contributed by atoms with Crippen LogP contribution in [0.5, 0.6) is 0 Å². The lowest BCUT2D eigenvalue weighted by atomic mass is 10.2. The molecule has 1 fully saturated rings. The minimum Gasteiger partial charge on any atom is -0.395 e. The second-order valence-electron chi connectivity index (χ2n) is 4.16. The summed E-state index contributed by atoms with van der Waals surface area (Å²) in [6.45, 7) is 0.906. The minimum atomic E-state index is 0.0211. The number of aliphatic hydroxyl groups is 1. The van der Waals surface area contributed by atoms with Gasteiger partial charge in [0.15, 0.2) is 0 Å². The monoisotopic (exact) mass is 255 g/mol. The number of aliphatic hydroxyl groups excluding tert-OH is 1. The van der Waals surface area contributed by atoms with Gasteiger partial charge in [-0.15, -0.1) is 11.3 Å². The van der Waals surface area contributed by atoms with Crippen molar-refractivity contribution in [3.63, 3.8) is 0 Å². The first-order valence-electron chi connectivity index (χ1n) is 5.75. The van der Waals surface area contributed by atoms with Gasteiger partial charge >= 0.3 is 0 Å². The molecule has 1 amide bonds. The second kappa shape index (κ2) is 5.62. The summed E-state index contributed by atoms with van der Waals surface area (Å²) in [5.41, 5.74) is 0.936. The molecule has 0 saturated heterocycles. The molecule has 1 N–H and O–H groups in total. The van der Waals surface area contributed by atoms with Crippen molar-refractivity contribution in [2.75, 3.05) is 20.3 Å². The van der Waals surface area contributed by atoms with Crippen LogP contribution >= 0.6 is 11.3 Å². The molecule has 17 heavy (non-hydrogen) atoms. The first kappa shape index (κ1) is 12.5. The van der Waals surface area contributed by atoms with Crippen LogP contribution in [0.4, 0.5) is 0 Å². The highest BCUT2D eigenvalue weighted by Gasteiger charge is 2.33. The molecule has 0 bridgehead atoms. The van der Waals surface area contributed by atoms with Gasteiger partial charge in [-0.2, -0.15) is 0 Å². The van der Waals surface area contributed by atoms with E-state index in [1.807, 2.05) is 11.4 Å². The van der Waals surface area contributed by atoms with E-state index in [4.69, 9.17) is 9.84 Å². The van der Waals surface area contributed by atoms with E-state index in [0.29, 0.717) is 19.2 Å². The molecule has 1 aliphatic carbocycles. The van der Waals surface area contributed by atoms with Gasteiger partial charge in [-0.25, -0.2) is 0 Å². The maximum absolute atomic E-state index is 12.3. The number of amides is 1. The van der Waals surface area contributed by atoms with E-state index in [1.54, 1.807) is 12.0 Å². The molecular formula is C12H17NO3S. The predicted molar refractivity (Wildman–Crippen MR) is 66.2 cm³/mol. The summed E-state index contributed by atoms with van der Waals surface area (Å²) in [4.78, 5) is 14.9. The molecule has 1 aromatic rings. The zero-order valence-electron chi connectivity index (χ0n) is 9.89. The topological polar surface area (TPSA) is 49.8 Å². The molecule has 1 aliphatic rings. The van der Waals surface area contributed by atoms with Crippen molar-refractivity contribution in [2.45, 2.75) is 25.5 Å². The largest absolute Gasteiger partial charge is 0.395 e. The SMILES string of the molecule is COCc1ccsc1C(=O)N(CCO)C1CC1. The smallest absolute Gasteiger partial charge is 0.264 e. The van der Waals surface area contributed by atoms with Crippen LogP contribution in [0.1, 0.15) is 28.1 Å². The molecule has 2 rings (SSSR count). The Hall–Kier alpha value is -0.910. The van der Waals surface area contributed by atoms with E-state index in [9.17, 15) is 4.79 Å². The highest BCUT2D eigenvalue weighted by molar-refractivity contribution is 7.12. The number of hydrogen-bond acceptors (Lipinski definition) is 4. The summed E-state index contributed by atoms with van der Waals surface area (Å²) in [7, 11) is 1.62. The Morgan fingerprint density at radius 2 is 2.41 bits per heavy atom. The van der Waals surface area contributed by atoms with Crippen LogP contribution in [0.15, 0.2) is 11.4 Å². The van der Waals surface area contributed by atoms with Crippen molar-refractivity contribution < 1.29 is 14.6 Å². The standard InChI is InChI=1S/C12H17NO3S/c1-16-8-9-4-7-17-11(9)12(15)13(5-6-14)10-2-3-10/h4,7,10,14H,2-3,5-6,8H2,1H3. The average molecular weight is 255 g/mol. The van der Waals surface area contributed by atoms with Gasteiger partial charge in [0.25, 0.3) is 5.91 Å². The molecule has 4 nitrogen and oxygen atoms in total. The van der Waals surface area contributed by atoms with Crippen molar-refractivity contribution in [1.29, 1.82) is 0 Å². The third kappa shape index (κ3) is 2.86. The first-order valence-corrected chi connectivity index (χ1v) is 6.63. The van der Waals surface area contributed by atoms with Crippen LogP contribution in [0, 0.1) is 0 Å². The van der Waals surface area contributed by atoms with Crippen molar-refractivity contribution >= 4 is 17.2 Å². The molecule has 94 valence electrons. The highest BCUT2D eigenvalue weighted by atomic mass is 32.1. The molecule has 1 aromatic heterocycles. The fourth-order valence-electron chi connectivity index (χ4n) is 1.87. The Labute approximate surface area is 105 Å². The van der Waals surface area contributed by atoms with Gasteiger partial charge in [-0.1, -0.05) is 0 Å². The fraction of sp³-hybridized carbons (Fsp3) is 0.583. The van der Waals surface area contributed by atoms with Crippen molar-refractivity contribution in [1.82, 2.24) is 4.90 Å². The molecule has 1 saturated carbocycles. The summed E-state index contributed by atoms with van der Waals surface area (Å²) in [6, 6.07) is 2.25. The van der Waals surface area contributed by atoms with Gasteiger partial charge in [-0.05, 0) is 24.3 Å². The van der Waals surface area contributed by atoms with E-state index < -0.39 is 0 Å². The van der Waals surface area contributed by atoms with E-state index >= 15 is 0 Å². The van der Waals surface area contributed by atoms with Crippen LogP contribution in [0.3, 0.4) is 0 Å². The Bertz CT molecular complexity index is 387. The Balaban J connectivity index is 2.13. The second-order valence-corrected chi connectivity index (χ2v) is 5.08.